The van der Waals surface area contributed by atoms with E-state index in [1.165, 1.54) is 13.0 Å². The van der Waals surface area contributed by atoms with Gasteiger partial charge >= 0.3 is 0 Å². The number of hydrogen-bond donors (Lipinski definition) is 0. The molecule has 1 nitrogen and oxygen atoms in total. The standard InChI is InChI=1S/C10H9FO/c1-7(8(2)12)9-5-3-4-6-10(9)11/h3-6H,1H2,2H3. The van der Waals surface area contributed by atoms with E-state index in [0.717, 1.165) is 0 Å². The summed E-state index contributed by atoms with van der Waals surface area (Å²) in [5.41, 5.74) is 0.498. The predicted molar refractivity (Wildman–Crippen MR) is 46.1 cm³/mol. The molecular formula is C10H9FO. The van der Waals surface area contributed by atoms with Crippen LogP contribution in [0.1, 0.15) is 12.5 Å². The number of benzene rings is 1. The molecule has 0 aliphatic carbocycles. The first-order valence-corrected chi connectivity index (χ1v) is 3.57. The molecule has 0 atom stereocenters. The van der Waals surface area contributed by atoms with Crippen molar-refractivity contribution < 1.29 is 9.18 Å². The average Bonchev–Trinajstić information content (AvgIpc) is 2.04. The molecule has 0 saturated heterocycles. The van der Waals surface area contributed by atoms with Gasteiger partial charge in [0, 0.05) is 11.1 Å². The van der Waals surface area contributed by atoms with Crippen LogP contribution >= 0.6 is 0 Å². The molecule has 0 aliphatic rings. The Morgan fingerprint density at radius 1 is 1.42 bits per heavy atom. The van der Waals surface area contributed by atoms with Crippen molar-refractivity contribution in [1.82, 2.24) is 0 Å². The lowest BCUT2D eigenvalue weighted by Crippen LogP contribution is -1.96. The zero-order valence-electron chi connectivity index (χ0n) is 6.80. The molecule has 12 heavy (non-hydrogen) atoms. The van der Waals surface area contributed by atoms with Crippen LogP contribution in [-0.2, 0) is 4.79 Å². The largest absolute Gasteiger partial charge is 0.295 e. The minimum atomic E-state index is -0.405. The third-order valence-corrected chi connectivity index (χ3v) is 1.62. The summed E-state index contributed by atoms with van der Waals surface area (Å²) in [7, 11) is 0. The third-order valence-electron chi connectivity index (χ3n) is 1.62. The van der Waals surface area contributed by atoms with Crippen molar-refractivity contribution in [3.05, 3.63) is 42.2 Å². The van der Waals surface area contributed by atoms with Gasteiger partial charge in [0.05, 0.1) is 0 Å². The lowest BCUT2D eigenvalue weighted by molar-refractivity contribution is -0.111. The highest BCUT2D eigenvalue weighted by atomic mass is 19.1. The predicted octanol–water partition coefficient (Wildman–Crippen LogP) is 2.43. The van der Waals surface area contributed by atoms with Crippen LogP contribution in [0.15, 0.2) is 30.8 Å². The van der Waals surface area contributed by atoms with Gasteiger partial charge in [-0.1, -0.05) is 24.8 Å². The van der Waals surface area contributed by atoms with Gasteiger partial charge in [-0.3, -0.25) is 4.79 Å². The lowest BCUT2D eigenvalue weighted by Gasteiger charge is -2.01. The van der Waals surface area contributed by atoms with Crippen molar-refractivity contribution in [2.45, 2.75) is 6.92 Å². The number of allylic oxidation sites excluding steroid dienone is 1. The van der Waals surface area contributed by atoms with Gasteiger partial charge in [0.1, 0.15) is 5.82 Å². The number of ketones is 1. The molecule has 1 rings (SSSR count). The molecule has 0 spiro atoms. The molecule has 0 N–H and O–H groups in total. The first kappa shape index (κ1) is 8.65. The Morgan fingerprint density at radius 3 is 2.50 bits per heavy atom. The quantitative estimate of drug-likeness (QED) is 0.613. The minimum Gasteiger partial charge on any atom is -0.295 e. The van der Waals surface area contributed by atoms with Crippen LogP contribution in [0.3, 0.4) is 0 Å². The first-order chi connectivity index (χ1) is 5.63. The van der Waals surface area contributed by atoms with Gasteiger partial charge in [0.2, 0.25) is 0 Å². The first-order valence-electron chi connectivity index (χ1n) is 3.57. The van der Waals surface area contributed by atoms with E-state index < -0.39 is 5.82 Å². The van der Waals surface area contributed by atoms with Crippen molar-refractivity contribution in [2.24, 2.45) is 0 Å². The molecule has 0 radical (unpaired) electrons. The van der Waals surface area contributed by atoms with E-state index in [0.29, 0.717) is 0 Å². The molecule has 0 aliphatic heterocycles. The Hall–Kier alpha value is -1.44. The zero-order valence-corrected chi connectivity index (χ0v) is 6.80. The Bertz CT molecular complexity index is 328. The van der Waals surface area contributed by atoms with Crippen LogP contribution in [0.4, 0.5) is 4.39 Å². The van der Waals surface area contributed by atoms with Crippen LogP contribution in [0.25, 0.3) is 5.57 Å². The summed E-state index contributed by atoms with van der Waals surface area (Å²) in [5, 5.41) is 0. The number of Topliss-reactive ketones (excluding diaryl/α,β-unsaturated/α-hetero) is 1. The minimum absolute atomic E-state index is 0.208. The second kappa shape index (κ2) is 3.30. The molecular weight excluding hydrogens is 155 g/mol. The highest BCUT2D eigenvalue weighted by Crippen LogP contribution is 2.16. The molecule has 1 aromatic rings. The van der Waals surface area contributed by atoms with Crippen LogP contribution in [-0.4, -0.2) is 5.78 Å². The Morgan fingerprint density at radius 2 is 2.00 bits per heavy atom. The molecule has 0 fully saturated rings. The summed E-state index contributed by atoms with van der Waals surface area (Å²) in [6.45, 7) is 4.87. The normalized spacial score (nSPS) is 9.50. The fourth-order valence-corrected chi connectivity index (χ4v) is 0.896. The van der Waals surface area contributed by atoms with Crippen LogP contribution in [0.5, 0.6) is 0 Å². The fraction of sp³-hybridized carbons (Fsp3) is 0.100. The smallest absolute Gasteiger partial charge is 0.159 e. The fourth-order valence-electron chi connectivity index (χ4n) is 0.896. The molecule has 0 aromatic heterocycles. The highest BCUT2D eigenvalue weighted by molar-refractivity contribution is 6.18. The van der Waals surface area contributed by atoms with E-state index in [2.05, 4.69) is 6.58 Å². The van der Waals surface area contributed by atoms with Gasteiger partial charge in [0.15, 0.2) is 5.78 Å². The van der Waals surface area contributed by atoms with Gasteiger partial charge < -0.3 is 0 Å². The highest BCUT2D eigenvalue weighted by Gasteiger charge is 2.07. The third kappa shape index (κ3) is 1.59. The van der Waals surface area contributed by atoms with Gasteiger partial charge in [0.25, 0.3) is 0 Å². The zero-order chi connectivity index (χ0) is 9.14. The van der Waals surface area contributed by atoms with Gasteiger partial charge in [-0.25, -0.2) is 4.39 Å². The van der Waals surface area contributed by atoms with E-state index in [1.54, 1.807) is 18.2 Å². The molecule has 0 unspecified atom stereocenters. The molecule has 0 amide bonds. The van der Waals surface area contributed by atoms with Crippen molar-refractivity contribution in [3.8, 4) is 0 Å². The summed E-state index contributed by atoms with van der Waals surface area (Å²) < 4.78 is 13.0. The molecule has 62 valence electrons. The van der Waals surface area contributed by atoms with E-state index in [-0.39, 0.29) is 16.9 Å². The van der Waals surface area contributed by atoms with Crippen LogP contribution in [0.2, 0.25) is 0 Å². The molecule has 0 bridgehead atoms. The molecule has 2 heteroatoms. The molecule has 0 saturated carbocycles. The maximum Gasteiger partial charge on any atom is 0.159 e. The Kier molecular flexibility index (Phi) is 2.38. The summed E-state index contributed by atoms with van der Waals surface area (Å²) in [6.07, 6.45) is 0. The number of halogens is 1. The molecule has 1 aromatic carbocycles. The van der Waals surface area contributed by atoms with E-state index >= 15 is 0 Å². The second-order valence-electron chi connectivity index (χ2n) is 2.51. The molecule has 0 heterocycles. The maximum absolute atomic E-state index is 13.0. The van der Waals surface area contributed by atoms with Gasteiger partial charge in [-0.15, -0.1) is 0 Å². The van der Waals surface area contributed by atoms with E-state index in [9.17, 15) is 9.18 Å². The van der Waals surface area contributed by atoms with Gasteiger partial charge in [-0.2, -0.15) is 0 Å². The van der Waals surface area contributed by atoms with Crippen LogP contribution < -0.4 is 0 Å². The summed E-state index contributed by atoms with van der Waals surface area (Å²) in [4.78, 5) is 10.8. The van der Waals surface area contributed by atoms with Crippen molar-refractivity contribution in [1.29, 1.82) is 0 Å². The van der Waals surface area contributed by atoms with Crippen molar-refractivity contribution in [2.75, 3.05) is 0 Å². The monoisotopic (exact) mass is 164 g/mol. The number of carbonyl (C=O) groups is 1. The second-order valence-corrected chi connectivity index (χ2v) is 2.51. The number of hydrogen-bond acceptors (Lipinski definition) is 1. The summed E-state index contributed by atoms with van der Waals surface area (Å²) in [6, 6.07) is 6.10. The Balaban J connectivity index is 3.11. The topological polar surface area (TPSA) is 17.1 Å². The van der Waals surface area contributed by atoms with Crippen LogP contribution in [0, 0.1) is 5.82 Å². The van der Waals surface area contributed by atoms with E-state index in [4.69, 9.17) is 0 Å². The van der Waals surface area contributed by atoms with Gasteiger partial charge in [-0.05, 0) is 13.0 Å². The Labute approximate surface area is 70.5 Å². The van der Waals surface area contributed by atoms with Crippen molar-refractivity contribution >= 4 is 11.4 Å². The van der Waals surface area contributed by atoms with E-state index in [1.807, 2.05) is 0 Å². The summed E-state index contributed by atoms with van der Waals surface area (Å²) >= 11 is 0. The number of carbonyl (C=O) groups excluding carboxylic acids is 1. The number of rotatable bonds is 2. The SMILES string of the molecule is C=C(C(C)=O)c1ccccc1F. The summed E-state index contributed by atoms with van der Waals surface area (Å²) in [5.74, 6) is -0.613. The average molecular weight is 164 g/mol. The lowest BCUT2D eigenvalue weighted by atomic mass is 10.0. The maximum atomic E-state index is 13.0. The van der Waals surface area contributed by atoms with Crippen molar-refractivity contribution in [3.63, 3.8) is 0 Å².